The van der Waals surface area contributed by atoms with Crippen molar-refractivity contribution in [2.45, 2.75) is 45.2 Å². The molecule has 0 aromatic heterocycles. The Labute approximate surface area is 209 Å². The molecule has 35 heavy (non-hydrogen) atoms. The van der Waals surface area contributed by atoms with Crippen molar-refractivity contribution in [3.05, 3.63) is 58.7 Å². The van der Waals surface area contributed by atoms with Crippen molar-refractivity contribution in [3.8, 4) is 11.5 Å². The number of ether oxygens (including phenoxy) is 2. The van der Waals surface area contributed by atoms with E-state index >= 15 is 0 Å². The van der Waals surface area contributed by atoms with Crippen molar-refractivity contribution < 1.29 is 14.3 Å². The lowest BCUT2D eigenvalue weighted by molar-refractivity contribution is -0.134. The number of hydrogen-bond acceptors (Lipinski definition) is 6. The molecule has 0 spiro atoms. The number of carbonyl (C=O) groups is 1. The number of piperidine rings is 1. The van der Waals surface area contributed by atoms with E-state index in [1.54, 1.807) is 19.2 Å². The third-order valence-corrected chi connectivity index (χ3v) is 7.50. The fourth-order valence-corrected chi connectivity index (χ4v) is 5.02. The Morgan fingerprint density at radius 2 is 1.80 bits per heavy atom. The molecule has 0 N–H and O–H groups in total. The van der Waals surface area contributed by atoms with E-state index < -0.39 is 0 Å². The minimum Gasteiger partial charge on any atom is -0.497 e. The summed E-state index contributed by atoms with van der Waals surface area (Å²) in [6.45, 7) is 6.68. The van der Waals surface area contributed by atoms with E-state index in [2.05, 4.69) is 55.9 Å². The van der Waals surface area contributed by atoms with Crippen LogP contribution < -0.4 is 9.47 Å². The van der Waals surface area contributed by atoms with Gasteiger partial charge in [0, 0.05) is 24.1 Å². The number of aryl methyl sites for hydroxylation is 2. The first-order chi connectivity index (χ1) is 16.8. The molecule has 2 aliphatic rings. The van der Waals surface area contributed by atoms with Crippen LogP contribution in [0.1, 0.15) is 47.6 Å². The molecule has 1 fully saturated rings. The number of likely N-dealkylation sites (N-methyl/N-ethyl adjacent to an activating group) is 1. The van der Waals surface area contributed by atoms with Crippen LogP contribution in [-0.2, 0) is 4.79 Å². The molecule has 0 bridgehead atoms. The zero-order valence-corrected chi connectivity index (χ0v) is 21.9. The number of likely N-dealkylation sites (tertiary alicyclic amines) is 1. The van der Waals surface area contributed by atoms with Gasteiger partial charge in [0.1, 0.15) is 11.5 Å². The second-order valence-corrected chi connectivity index (χ2v) is 9.86. The predicted molar refractivity (Wildman–Crippen MR) is 139 cm³/mol. The third-order valence-electron chi connectivity index (χ3n) is 7.50. The summed E-state index contributed by atoms with van der Waals surface area (Å²) in [5.41, 5.74) is 5.38. The molecule has 0 radical (unpaired) electrons. The van der Waals surface area contributed by atoms with Crippen LogP contribution in [0.25, 0.3) is 0 Å². The first-order valence-corrected chi connectivity index (χ1v) is 12.4. The SMILES string of the molecule is COc1ccc(C2CC(c3ccc(C)c(C)c3)=NN2C(=O)CN(C)C2CCN(C)CC2)c(OC)c1. The summed E-state index contributed by atoms with van der Waals surface area (Å²) in [5.74, 6) is 1.43. The van der Waals surface area contributed by atoms with Crippen molar-refractivity contribution >= 4 is 11.6 Å². The fraction of sp³-hybridized carbons (Fsp3) is 0.500. The number of amides is 1. The second-order valence-electron chi connectivity index (χ2n) is 9.86. The van der Waals surface area contributed by atoms with Gasteiger partial charge in [0.25, 0.3) is 5.91 Å². The van der Waals surface area contributed by atoms with Gasteiger partial charge in [-0.15, -0.1) is 0 Å². The number of hydrazone groups is 1. The lowest BCUT2D eigenvalue weighted by Crippen LogP contribution is -2.46. The van der Waals surface area contributed by atoms with E-state index in [9.17, 15) is 4.79 Å². The van der Waals surface area contributed by atoms with E-state index in [0.717, 1.165) is 48.5 Å². The molecular formula is C28H38N4O3. The van der Waals surface area contributed by atoms with E-state index in [0.29, 0.717) is 24.8 Å². The first kappa shape index (κ1) is 25.2. The molecule has 4 rings (SSSR count). The first-order valence-electron chi connectivity index (χ1n) is 12.4. The Bertz CT molecular complexity index is 1090. The highest BCUT2D eigenvalue weighted by atomic mass is 16.5. The summed E-state index contributed by atoms with van der Waals surface area (Å²) >= 11 is 0. The smallest absolute Gasteiger partial charge is 0.257 e. The second kappa shape index (κ2) is 10.8. The van der Waals surface area contributed by atoms with Crippen LogP contribution in [0.2, 0.25) is 0 Å². The molecule has 0 aliphatic carbocycles. The Kier molecular flexibility index (Phi) is 7.77. The fourth-order valence-electron chi connectivity index (χ4n) is 5.02. The van der Waals surface area contributed by atoms with Gasteiger partial charge in [-0.25, -0.2) is 5.01 Å². The van der Waals surface area contributed by atoms with Gasteiger partial charge in [-0.05, 0) is 88.8 Å². The van der Waals surface area contributed by atoms with Crippen molar-refractivity contribution in [3.63, 3.8) is 0 Å². The topological polar surface area (TPSA) is 57.6 Å². The highest BCUT2D eigenvalue weighted by Crippen LogP contribution is 2.39. The summed E-state index contributed by atoms with van der Waals surface area (Å²) in [6.07, 6.45) is 2.79. The number of methoxy groups -OCH3 is 2. The summed E-state index contributed by atoms with van der Waals surface area (Å²) in [7, 11) is 7.50. The minimum atomic E-state index is -0.231. The molecule has 2 aliphatic heterocycles. The molecule has 7 heteroatoms. The zero-order valence-electron chi connectivity index (χ0n) is 21.9. The molecule has 7 nitrogen and oxygen atoms in total. The van der Waals surface area contributed by atoms with Crippen LogP contribution in [0.15, 0.2) is 41.5 Å². The normalized spacial score (nSPS) is 19.2. The number of nitrogens with zero attached hydrogens (tertiary/aromatic N) is 4. The molecule has 188 valence electrons. The summed E-state index contributed by atoms with van der Waals surface area (Å²) in [5, 5.41) is 6.57. The summed E-state index contributed by atoms with van der Waals surface area (Å²) in [6, 6.07) is 12.3. The standard InChI is InChI=1S/C28H38N4O3/c1-19-7-8-21(15-20(19)2)25-17-26(24-10-9-23(34-5)16-27(24)35-6)32(29-25)28(33)18-31(4)22-11-13-30(3)14-12-22/h7-10,15-16,22,26H,11-14,17-18H2,1-6H3. The minimum absolute atomic E-state index is 0.00753. The van der Waals surface area contributed by atoms with Crippen LogP contribution in [0, 0.1) is 13.8 Å². The van der Waals surface area contributed by atoms with Gasteiger partial charge in [0.05, 0.1) is 32.5 Å². The molecule has 1 atom stereocenters. The van der Waals surface area contributed by atoms with Crippen molar-refractivity contribution in [1.82, 2.24) is 14.8 Å². The highest BCUT2D eigenvalue weighted by Gasteiger charge is 2.36. The Morgan fingerprint density at radius 1 is 1.06 bits per heavy atom. The number of benzene rings is 2. The van der Waals surface area contributed by atoms with Gasteiger partial charge < -0.3 is 14.4 Å². The molecule has 1 amide bonds. The van der Waals surface area contributed by atoms with Crippen LogP contribution in [-0.4, -0.2) is 80.4 Å². The van der Waals surface area contributed by atoms with Crippen LogP contribution in [0.4, 0.5) is 0 Å². The lowest BCUT2D eigenvalue weighted by atomic mass is 9.96. The third kappa shape index (κ3) is 5.52. The Balaban J connectivity index is 1.63. The largest absolute Gasteiger partial charge is 0.497 e. The predicted octanol–water partition coefficient (Wildman–Crippen LogP) is 4.02. The maximum atomic E-state index is 13.7. The van der Waals surface area contributed by atoms with Gasteiger partial charge in [0.15, 0.2) is 0 Å². The van der Waals surface area contributed by atoms with Gasteiger partial charge in [0.2, 0.25) is 0 Å². The maximum absolute atomic E-state index is 13.7. The molecule has 1 unspecified atom stereocenters. The Hall–Kier alpha value is -2.90. The maximum Gasteiger partial charge on any atom is 0.257 e. The molecule has 2 aromatic rings. The molecule has 2 heterocycles. The van der Waals surface area contributed by atoms with Crippen LogP contribution in [0.5, 0.6) is 11.5 Å². The number of carbonyl (C=O) groups excluding carboxylic acids is 1. The number of hydrogen-bond donors (Lipinski definition) is 0. The summed E-state index contributed by atoms with van der Waals surface area (Å²) < 4.78 is 11.1. The van der Waals surface area contributed by atoms with Gasteiger partial charge in [-0.2, -0.15) is 5.10 Å². The van der Waals surface area contributed by atoms with Crippen molar-refractivity contribution in [1.29, 1.82) is 0 Å². The lowest BCUT2D eigenvalue weighted by Gasteiger charge is -2.35. The average Bonchev–Trinajstić information content (AvgIpc) is 3.31. The van der Waals surface area contributed by atoms with E-state index in [1.165, 1.54) is 11.1 Å². The number of rotatable bonds is 7. The quantitative estimate of drug-likeness (QED) is 0.602. The van der Waals surface area contributed by atoms with Crippen molar-refractivity contribution in [2.75, 3.05) is 47.9 Å². The molecule has 0 saturated carbocycles. The highest BCUT2D eigenvalue weighted by molar-refractivity contribution is 6.03. The summed E-state index contributed by atoms with van der Waals surface area (Å²) in [4.78, 5) is 18.2. The monoisotopic (exact) mass is 478 g/mol. The van der Waals surface area contributed by atoms with E-state index in [-0.39, 0.29) is 11.9 Å². The van der Waals surface area contributed by atoms with E-state index in [1.807, 2.05) is 18.2 Å². The van der Waals surface area contributed by atoms with Crippen LogP contribution >= 0.6 is 0 Å². The van der Waals surface area contributed by atoms with Crippen molar-refractivity contribution in [2.24, 2.45) is 5.10 Å². The van der Waals surface area contributed by atoms with Gasteiger partial charge in [-0.3, -0.25) is 9.69 Å². The zero-order chi connectivity index (χ0) is 25.1. The molecule has 2 aromatic carbocycles. The van der Waals surface area contributed by atoms with Crippen LogP contribution in [0.3, 0.4) is 0 Å². The average molecular weight is 479 g/mol. The molecular weight excluding hydrogens is 440 g/mol. The molecule has 1 saturated heterocycles. The van der Waals surface area contributed by atoms with Gasteiger partial charge >= 0.3 is 0 Å². The van der Waals surface area contributed by atoms with E-state index in [4.69, 9.17) is 14.6 Å². The van der Waals surface area contributed by atoms with Gasteiger partial charge in [-0.1, -0.05) is 12.1 Å². The Morgan fingerprint density at radius 3 is 2.46 bits per heavy atom.